The van der Waals surface area contributed by atoms with Crippen LogP contribution in [-0.2, 0) is 11.5 Å². The molecule has 0 spiro atoms. The highest BCUT2D eigenvalue weighted by Crippen LogP contribution is 2.22. The zero-order chi connectivity index (χ0) is 22.2. The second kappa shape index (κ2) is 10.9. The lowest BCUT2D eigenvalue weighted by atomic mass is 10.1. The minimum atomic E-state index is 0.648. The van der Waals surface area contributed by atoms with Gasteiger partial charge in [-0.15, -0.1) is 0 Å². The van der Waals surface area contributed by atoms with E-state index in [1.54, 1.807) is 12.4 Å². The number of hydrogen-bond donors (Lipinski definition) is 2. The van der Waals surface area contributed by atoms with E-state index in [4.69, 9.17) is 0 Å². The van der Waals surface area contributed by atoms with Crippen molar-refractivity contribution in [1.82, 2.24) is 9.97 Å². The summed E-state index contributed by atoms with van der Waals surface area (Å²) in [4.78, 5) is 18.1. The van der Waals surface area contributed by atoms with E-state index in [0.29, 0.717) is 11.5 Å². The number of thiol groups is 2. The van der Waals surface area contributed by atoms with Crippen molar-refractivity contribution in [2.75, 3.05) is 0 Å². The minimum absolute atomic E-state index is 0.648. The second-order valence-electron chi connectivity index (χ2n) is 7.03. The van der Waals surface area contributed by atoms with E-state index in [2.05, 4.69) is 45.2 Å². The van der Waals surface area contributed by atoms with Crippen LogP contribution in [0.25, 0.3) is 11.1 Å². The van der Waals surface area contributed by atoms with Gasteiger partial charge in [-0.3, -0.25) is 20.0 Å². The lowest BCUT2D eigenvalue weighted by molar-refractivity contribution is 1.27. The molecule has 0 amide bonds. The van der Waals surface area contributed by atoms with Gasteiger partial charge in [0, 0.05) is 35.0 Å². The number of aliphatic imine (C=N–C) groups is 2. The van der Waals surface area contributed by atoms with Gasteiger partial charge in [-0.05, 0) is 35.4 Å². The zero-order valence-electron chi connectivity index (χ0n) is 17.3. The summed E-state index contributed by atoms with van der Waals surface area (Å²) < 4.78 is 0. The Morgan fingerprint density at radius 2 is 1.03 bits per heavy atom. The fourth-order valence-corrected chi connectivity index (χ4v) is 3.65. The summed E-state index contributed by atoms with van der Waals surface area (Å²) in [6.45, 7) is 0. The van der Waals surface area contributed by atoms with E-state index >= 15 is 0 Å². The van der Waals surface area contributed by atoms with Crippen molar-refractivity contribution < 1.29 is 0 Å². The van der Waals surface area contributed by atoms with Crippen LogP contribution in [0.15, 0.2) is 95.2 Å². The van der Waals surface area contributed by atoms with Crippen LogP contribution in [-0.4, -0.2) is 22.4 Å². The van der Waals surface area contributed by atoms with Gasteiger partial charge < -0.3 is 0 Å². The molecule has 0 radical (unpaired) electrons. The molecule has 4 nitrogen and oxygen atoms in total. The van der Waals surface area contributed by atoms with Crippen molar-refractivity contribution in [2.24, 2.45) is 9.98 Å². The lowest BCUT2D eigenvalue weighted by Gasteiger charge is -2.03. The summed E-state index contributed by atoms with van der Waals surface area (Å²) in [7, 11) is 0. The smallest absolute Gasteiger partial charge is 0.0812 e. The number of rotatable bonds is 7. The Kier molecular flexibility index (Phi) is 7.48. The molecule has 2 heterocycles. The molecule has 0 bridgehead atoms. The molecule has 158 valence electrons. The van der Waals surface area contributed by atoms with E-state index < -0.39 is 0 Å². The zero-order valence-corrected chi connectivity index (χ0v) is 19.1. The number of hydrogen-bond acceptors (Lipinski definition) is 6. The maximum absolute atomic E-state index is 4.55. The van der Waals surface area contributed by atoms with Crippen LogP contribution in [0.3, 0.4) is 0 Å². The summed E-state index contributed by atoms with van der Waals surface area (Å²) in [5, 5.41) is 0. The average molecular weight is 455 g/mol. The third-order valence-corrected chi connectivity index (χ3v) is 5.58. The minimum Gasteiger partial charge on any atom is -0.255 e. The summed E-state index contributed by atoms with van der Waals surface area (Å²) >= 11 is 8.71. The summed E-state index contributed by atoms with van der Waals surface area (Å²) in [5.41, 5.74) is 7.58. The molecule has 0 unspecified atom stereocenters. The Labute approximate surface area is 199 Å². The molecule has 0 aliphatic rings. The number of pyridine rings is 2. The quantitative estimate of drug-likeness (QED) is 0.247. The van der Waals surface area contributed by atoms with Gasteiger partial charge in [-0.2, -0.15) is 25.3 Å². The van der Waals surface area contributed by atoms with Crippen molar-refractivity contribution in [3.63, 3.8) is 0 Å². The van der Waals surface area contributed by atoms with Crippen molar-refractivity contribution in [1.29, 1.82) is 0 Å². The van der Waals surface area contributed by atoms with Gasteiger partial charge in [0.15, 0.2) is 0 Å². The summed E-state index contributed by atoms with van der Waals surface area (Å²) in [5.74, 6) is 1.30. The molecule has 6 heteroatoms. The van der Waals surface area contributed by atoms with E-state index in [1.165, 1.54) is 0 Å². The first-order chi connectivity index (χ1) is 15.8. The molecule has 0 aliphatic carbocycles. The Balaban J connectivity index is 1.45. The van der Waals surface area contributed by atoms with Gasteiger partial charge in [0.25, 0.3) is 0 Å². The predicted molar refractivity (Wildman–Crippen MR) is 140 cm³/mol. The van der Waals surface area contributed by atoms with E-state index in [-0.39, 0.29) is 0 Å². The molecule has 0 saturated heterocycles. The SMILES string of the molecule is SCc1ccccc1N=Cc1ccc(-c2ccc(C=Nc3ccccc3CS)nc2)cn1. The van der Waals surface area contributed by atoms with Crippen LogP contribution in [0, 0.1) is 0 Å². The van der Waals surface area contributed by atoms with Crippen molar-refractivity contribution in [3.8, 4) is 11.1 Å². The van der Waals surface area contributed by atoms with Crippen molar-refractivity contribution in [2.45, 2.75) is 11.5 Å². The van der Waals surface area contributed by atoms with Gasteiger partial charge in [0.1, 0.15) is 0 Å². The molecule has 2 aromatic heterocycles. The fourth-order valence-electron chi connectivity index (χ4n) is 3.12. The first-order valence-electron chi connectivity index (χ1n) is 10.1. The molecule has 0 saturated carbocycles. The monoisotopic (exact) mass is 454 g/mol. The fraction of sp³-hybridized carbons (Fsp3) is 0.0769. The van der Waals surface area contributed by atoms with Gasteiger partial charge in [-0.1, -0.05) is 48.5 Å². The predicted octanol–water partition coefficient (Wildman–Crippen LogP) is 6.50. The van der Waals surface area contributed by atoms with Crippen LogP contribution in [0.4, 0.5) is 11.4 Å². The molecule has 0 atom stereocenters. The Morgan fingerprint density at radius 1 is 0.594 bits per heavy atom. The molecule has 0 fully saturated rings. The largest absolute Gasteiger partial charge is 0.255 e. The number of aromatic nitrogens is 2. The third kappa shape index (κ3) is 5.52. The first kappa shape index (κ1) is 22.0. The summed E-state index contributed by atoms with van der Waals surface area (Å²) in [6, 6.07) is 23.9. The van der Waals surface area contributed by atoms with Crippen LogP contribution in [0.1, 0.15) is 22.5 Å². The Bertz CT molecular complexity index is 1130. The first-order valence-corrected chi connectivity index (χ1v) is 11.4. The van der Waals surface area contributed by atoms with E-state index in [0.717, 1.165) is 45.0 Å². The molecular weight excluding hydrogens is 432 g/mol. The Hall–Kier alpha value is -3.22. The average Bonchev–Trinajstić information content (AvgIpc) is 2.87. The number of nitrogens with zero attached hydrogens (tertiary/aromatic N) is 4. The molecule has 32 heavy (non-hydrogen) atoms. The van der Waals surface area contributed by atoms with Gasteiger partial charge in [-0.25, -0.2) is 0 Å². The third-order valence-electron chi connectivity index (χ3n) is 4.90. The highest BCUT2D eigenvalue weighted by molar-refractivity contribution is 7.79. The normalized spacial score (nSPS) is 11.4. The van der Waals surface area contributed by atoms with Crippen LogP contribution in [0.5, 0.6) is 0 Å². The summed E-state index contributed by atoms with van der Waals surface area (Å²) in [6.07, 6.45) is 7.21. The van der Waals surface area contributed by atoms with Crippen LogP contribution >= 0.6 is 25.3 Å². The molecule has 2 aromatic carbocycles. The highest BCUT2D eigenvalue weighted by atomic mass is 32.1. The molecule has 0 N–H and O–H groups in total. The van der Waals surface area contributed by atoms with Crippen LogP contribution < -0.4 is 0 Å². The van der Waals surface area contributed by atoms with E-state index in [1.807, 2.05) is 85.2 Å². The van der Waals surface area contributed by atoms with Crippen LogP contribution in [0.2, 0.25) is 0 Å². The molecular formula is C26H22N4S2. The second-order valence-corrected chi connectivity index (χ2v) is 7.67. The van der Waals surface area contributed by atoms with Gasteiger partial charge in [0.05, 0.1) is 35.2 Å². The van der Waals surface area contributed by atoms with Crippen molar-refractivity contribution in [3.05, 3.63) is 108 Å². The van der Waals surface area contributed by atoms with Crippen molar-refractivity contribution >= 4 is 49.1 Å². The maximum atomic E-state index is 4.55. The topological polar surface area (TPSA) is 50.5 Å². The standard InChI is InChI=1S/C26H22N4S2/c31-17-21-5-1-3-7-25(21)29-15-23-11-9-19(13-27-23)20-10-12-24(28-14-20)16-30-26-8-4-2-6-22(26)18-32/h1-16,31-32H,17-18H2. The maximum Gasteiger partial charge on any atom is 0.0812 e. The lowest BCUT2D eigenvalue weighted by Crippen LogP contribution is -1.91. The molecule has 4 rings (SSSR count). The molecule has 0 aliphatic heterocycles. The molecule has 4 aromatic rings. The highest BCUT2D eigenvalue weighted by Gasteiger charge is 2.02. The van der Waals surface area contributed by atoms with E-state index in [9.17, 15) is 0 Å². The van der Waals surface area contributed by atoms with Gasteiger partial charge >= 0.3 is 0 Å². The number of para-hydroxylation sites is 2. The van der Waals surface area contributed by atoms with Gasteiger partial charge in [0.2, 0.25) is 0 Å². The Morgan fingerprint density at radius 3 is 1.41 bits per heavy atom. The number of benzene rings is 2.